The van der Waals surface area contributed by atoms with Gasteiger partial charge >= 0.3 is 0 Å². The van der Waals surface area contributed by atoms with Gasteiger partial charge in [0, 0.05) is 30.5 Å². The van der Waals surface area contributed by atoms with Crippen LogP contribution in [0.1, 0.15) is 13.3 Å². The van der Waals surface area contributed by atoms with Crippen LogP contribution in [0, 0.1) is 11.8 Å². The summed E-state index contributed by atoms with van der Waals surface area (Å²) in [4.78, 5) is 12.1. The molecule has 1 aliphatic heterocycles. The second-order valence-corrected chi connectivity index (χ2v) is 4.56. The van der Waals surface area contributed by atoms with Gasteiger partial charge in [0.15, 0.2) is 0 Å². The molecule has 0 saturated carbocycles. The highest BCUT2D eigenvalue weighted by Crippen LogP contribution is 2.23. The Morgan fingerprint density at radius 1 is 1.53 bits per heavy atom. The number of carbonyl (C=O) groups is 1. The molecule has 92 valence electrons. The van der Waals surface area contributed by atoms with E-state index in [0.29, 0.717) is 18.9 Å². The van der Waals surface area contributed by atoms with E-state index < -0.39 is 0 Å². The predicted molar refractivity (Wildman–Crippen MR) is 67.6 cm³/mol. The molecule has 1 amide bonds. The van der Waals surface area contributed by atoms with Crippen molar-refractivity contribution in [3.8, 4) is 0 Å². The molecule has 1 aromatic carbocycles. The fraction of sp³-hybridized carbons (Fsp3) is 0.462. The lowest BCUT2D eigenvalue weighted by Gasteiger charge is -2.27. The number of hydrogen-bond acceptors (Lipinski definition) is 3. The van der Waals surface area contributed by atoms with Crippen LogP contribution in [0.2, 0.25) is 0 Å². The Labute approximate surface area is 101 Å². The van der Waals surface area contributed by atoms with Crippen molar-refractivity contribution in [1.82, 2.24) is 0 Å². The molecular weight excluding hydrogens is 216 g/mol. The SMILES string of the molecule is CC1COCCC1C(=O)Nc1cccc(N)c1. The van der Waals surface area contributed by atoms with Crippen LogP contribution >= 0.6 is 0 Å². The Morgan fingerprint density at radius 2 is 2.35 bits per heavy atom. The Kier molecular flexibility index (Phi) is 3.64. The number of anilines is 2. The first-order chi connectivity index (χ1) is 8.16. The van der Waals surface area contributed by atoms with Gasteiger partial charge < -0.3 is 15.8 Å². The van der Waals surface area contributed by atoms with Crippen molar-refractivity contribution in [3.05, 3.63) is 24.3 Å². The van der Waals surface area contributed by atoms with E-state index in [4.69, 9.17) is 10.5 Å². The fourth-order valence-corrected chi connectivity index (χ4v) is 2.12. The third-order valence-electron chi connectivity index (χ3n) is 3.13. The number of rotatable bonds is 2. The average Bonchev–Trinajstić information content (AvgIpc) is 2.29. The second-order valence-electron chi connectivity index (χ2n) is 4.56. The summed E-state index contributed by atoms with van der Waals surface area (Å²) >= 11 is 0. The molecular formula is C13H18N2O2. The molecule has 2 atom stereocenters. The van der Waals surface area contributed by atoms with Crippen LogP contribution in [0.3, 0.4) is 0 Å². The van der Waals surface area contributed by atoms with Crippen LogP contribution in [0.25, 0.3) is 0 Å². The summed E-state index contributed by atoms with van der Waals surface area (Å²) in [6, 6.07) is 7.24. The number of benzene rings is 1. The first-order valence-corrected chi connectivity index (χ1v) is 5.91. The minimum absolute atomic E-state index is 0.0326. The van der Waals surface area contributed by atoms with Gasteiger partial charge in [-0.1, -0.05) is 13.0 Å². The van der Waals surface area contributed by atoms with Crippen LogP contribution < -0.4 is 11.1 Å². The largest absolute Gasteiger partial charge is 0.399 e. The minimum Gasteiger partial charge on any atom is -0.399 e. The predicted octanol–water partition coefficient (Wildman–Crippen LogP) is 1.88. The summed E-state index contributed by atoms with van der Waals surface area (Å²) in [7, 11) is 0. The summed E-state index contributed by atoms with van der Waals surface area (Å²) < 4.78 is 5.33. The molecule has 4 nitrogen and oxygen atoms in total. The number of nitrogen functional groups attached to an aromatic ring is 1. The lowest BCUT2D eigenvalue weighted by Crippen LogP contribution is -2.34. The first-order valence-electron chi connectivity index (χ1n) is 5.91. The lowest BCUT2D eigenvalue weighted by molar-refractivity contribution is -0.125. The number of amides is 1. The molecule has 0 radical (unpaired) electrons. The zero-order valence-corrected chi connectivity index (χ0v) is 9.98. The number of nitrogens with two attached hydrogens (primary N) is 1. The smallest absolute Gasteiger partial charge is 0.227 e. The van der Waals surface area contributed by atoms with Gasteiger partial charge in [0.05, 0.1) is 0 Å². The molecule has 3 N–H and O–H groups in total. The van der Waals surface area contributed by atoms with Crippen molar-refractivity contribution in [2.45, 2.75) is 13.3 Å². The quantitative estimate of drug-likeness (QED) is 0.768. The molecule has 0 aliphatic carbocycles. The monoisotopic (exact) mass is 234 g/mol. The number of hydrogen-bond donors (Lipinski definition) is 2. The number of carbonyl (C=O) groups excluding carboxylic acids is 1. The lowest BCUT2D eigenvalue weighted by atomic mass is 9.89. The maximum atomic E-state index is 12.1. The molecule has 1 aromatic rings. The van der Waals surface area contributed by atoms with Crippen LogP contribution in [0.4, 0.5) is 11.4 Å². The van der Waals surface area contributed by atoms with Crippen LogP contribution in [0.5, 0.6) is 0 Å². The highest BCUT2D eigenvalue weighted by molar-refractivity contribution is 5.93. The maximum Gasteiger partial charge on any atom is 0.227 e. The highest BCUT2D eigenvalue weighted by Gasteiger charge is 2.28. The zero-order valence-electron chi connectivity index (χ0n) is 9.98. The standard InChI is InChI=1S/C13H18N2O2/c1-9-8-17-6-5-12(9)13(16)15-11-4-2-3-10(14)7-11/h2-4,7,9,12H,5-6,8,14H2,1H3,(H,15,16). The first kappa shape index (κ1) is 11.9. The zero-order chi connectivity index (χ0) is 12.3. The Morgan fingerprint density at radius 3 is 3.06 bits per heavy atom. The van der Waals surface area contributed by atoms with E-state index in [-0.39, 0.29) is 17.7 Å². The van der Waals surface area contributed by atoms with Gasteiger partial charge in [-0.2, -0.15) is 0 Å². The molecule has 4 heteroatoms. The fourth-order valence-electron chi connectivity index (χ4n) is 2.12. The summed E-state index contributed by atoms with van der Waals surface area (Å²) in [5.41, 5.74) is 7.08. The summed E-state index contributed by atoms with van der Waals surface area (Å²) in [6.45, 7) is 3.37. The van der Waals surface area contributed by atoms with Crippen LogP contribution in [0.15, 0.2) is 24.3 Å². The third-order valence-corrected chi connectivity index (χ3v) is 3.13. The summed E-state index contributed by atoms with van der Waals surface area (Å²) in [6.07, 6.45) is 0.787. The van der Waals surface area contributed by atoms with E-state index in [1.807, 2.05) is 19.1 Å². The van der Waals surface area contributed by atoms with E-state index in [1.165, 1.54) is 0 Å². The van der Waals surface area contributed by atoms with Crippen molar-refractivity contribution < 1.29 is 9.53 Å². The number of ether oxygens (including phenoxy) is 1. The van der Waals surface area contributed by atoms with Gasteiger partial charge in [-0.15, -0.1) is 0 Å². The van der Waals surface area contributed by atoms with Gasteiger partial charge in [-0.25, -0.2) is 0 Å². The van der Waals surface area contributed by atoms with E-state index in [1.54, 1.807) is 12.1 Å². The molecule has 1 saturated heterocycles. The Hall–Kier alpha value is -1.55. The van der Waals surface area contributed by atoms with Crippen molar-refractivity contribution in [3.63, 3.8) is 0 Å². The molecule has 2 rings (SSSR count). The molecule has 1 fully saturated rings. The molecule has 1 aliphatic rings. The van der Waals surface area contributed by atoms with Gasteiger partial charge in [-0.3, -0.25) is 4.79 Å². The van der Waals surface area contributed by atoms with Crippen LogP contribution in [-0.4, -0.2) is 19.1 Å². The summed E-state index contributed by atoms with van der Waals surface area (Å²) in [5, 5.41) is 2.91. The Bertz CT molecular complexity index is 406. The summed E-state index contributed by atoms with van der Waals surface area (Å²) in [5.74, 6) is 0.362. The second kappa shape index (κ2) is 5.19. The van der Waals surface area contributed by atoms with E-state index in [9.17, 15) is 4.79 Å². The van der Waals surface area contributed by atoms with Gasteiger partial charge in [-0.05, 0) is 30.5 Å². The van der Waals surface area contributed by atoms with Crippen molar-refractivity contribution in [2.75, 3.05) is 24.3 Å². The maximum absolute atomic E-state index is 12.1. The molecule has 0 aromatic heterocycles. The van der Waals surface area contributed by atoms with Crippen molar-refractivity contribution in [1.29, 1.82) is 0 Å². The van der Waals surface area contributed by atoms with E-state index >= 15 is 0 Å². The van der Waals surface area contributed by atoms with Gasteiger partial charge in [0.25, 0.3) is 0 Å². The minimum atomic E-state index is 0.0326. The Balaban J connectivity index is 2.01. The van der Waals surface area contributed by atoms with Crippen molar-refractivity contribution in [2.24, 2.45) is 11.8 Å². The van der Waals surface area contributed by atoms with Gasteiger partial charge in [0.1, 0.15) is 0 Å². The van der Waals surface area contributed by atoms with E-state index in [0.717, 1.165) is 12.1 Å². The average molecular weight is 234 g/mol. The topological polar surface area (TPSA) is 64.3 Å². The molecule has 1 heterocycles. The third kappa shape index (κ3) is 2.97. The van der Waals surface area contributed by atoms with Crippen molar-refractivity contribution >= 4 is 17.3 Å². The molecule has 0 spiro atoms. The molecule has 0 bridgehead atoms. The highest BCUT2D eigenvalue weighted by atomic mass is 16.5. The number of nitrogens with one attached hydrogen (secondary N) is 1. The van der Waals surface area contributed by atoms with Crippen LogP contribution in [-0.2, 0) is 9.53 Å². The molecule has 2 unspecified atom stereocenters. The van der Waals surface area contributed by atoms with Gasteiger partial charge in [0.2, 0.25) is 5.91 Å². The molecule has 17 heavy (non-hydrogen) atoms. The normalized spacial score (nSPS) is 24.3. The van der Waals surface area contributed by atoms with E-state index in [2.05, 4.69) is 5.32 Å².